The Balaban J connectivity index is 1.70. The second kappa shape index (κ2) is 8.03. The van der Waals surface area contributed by atoms with Crippen LogP contribution in [-0.2, 0) is 0 Å². The highest BCUT2D eigenvalue weighted by molar-refractivity contribution is 5.98. The molecule has 3 rings (SSSR count). The summed E-state index contributed by atoms with van der Waals surface area (Å²) in [6, 6.07) is 13.6. The van der Waals surface area contributed by atoms with Crippen LogP contribution in [0.3, 0.4) is 0 Å². The Labute approximate surface area is 157 Å². The monoisotopic (exact) mass is 368 g/mol. The molecule has 0 aliphatic rings. The first-order valence-corrected chi connectivity index (χ1v) is 8.58. The Morgan fingerprint density at radius 2 is 1.96 bits per heavy atom. The molecule has 3 aromatic rings. The molecule has 2 aromatic carbocycles. The van der Waals surface area contributed by atoms with Crippen LogP contribution in [0.1, 0.15) is 16.1 Å². The molecule has 1 amide bonds. The molecule has 0 spiro atoms. The number of likely N-dealkylation sites (N-methyl/N-ethyl adjacent to an activating group) is 1. The minimum absolute atomic E-state index is 0.158. The van der Waals surface area contributed by atoms with E-state index in [4.69, 9.17) is 9.47 Å². The van der Waals surface area contributed by atoms with Crippen LogP contribution in [0.25, 0.3) is 10.9 Å². The number of hydrogen-bond acceptors (Lipinski definition) is 4. The van der Waals surface area contributed by atoms with Gasteiger partial charge in [-0.05, 0) is 37.3 Å². The summed E-state index contributed by atoms with van der Waals surface area (Å²) < 4.78 is 24.2. The summed E-state index contributed by atoms with van der Waals surface area (Å²) in [5, 5.41) is 0.862. The molecule has 0 unspecified atom stereocenters. The van der Waals surface area contributed by atoms with E-state index in [0.717, 1.165) is 16.7 Å². The molecule has 6 heteroatoms. The number of aromatic nitrogens is 1. The summed E-state index contributed by atoms with van der Waals surface area (Å²) in [5.41, 5.74) is 1.94. The van der Waals surface area contributed by atoms with Crippen LogP contribution in [0.5, 0.6) is 11.5 Å². The highest BCUT2D eigenvalue weighted by Gasteiger charge is 2.16. The number of aryl methyl sites for hydroxylation is 1. The summed E-state index contributed by atoms with van der Waals surface area (Å²) in [7, 11) is 3.29. The number of carbonyl (C=O) groups excluding carboxylic acids is 1. The maximum Gasteiger partial charge on any atom is 0.255 e. The van der Waals surface area contributed by atoms with Gasteiger partial charge in [0.25, 0.3) is 5.91 Å². The van der Waals surface area contributed by atoms with Crippen molar-refractivity contribution in [2.24, 2.45) is 0 Å². The Kier molecular flexibility index (Phi) is 5.54. The number of hydrogen-bond donors (Lipinski definition) is 0. The predicted molar refractivity (Wildman–Crippen MR) is 102 cm³/mol. The van der Waals surface area contributed by atoms with Gasteiger partial charge < -0.3 is 14.4 Å². The van der Waals surface area contributed by atoms with E-state index in [0.29, 0.717) is 17.8 Å². The molecule has 140 valence electrons. The number of rotatable bonds is 6. The van der Waals surface area contributed by atoms with Gasteiger partial charge in [-0.2, -0.15) is 0 Å². The normalized spacial score (nSPS) is 10.7. The van der Waals surface area contributed by atoms with Crippen molar-refractivity contribution in [2.45, 2.75) is 6.92 Å². The second-order valence-corrected chi connectivity index (χ2v) is 6.19. The van der Waals surface area contributed by atoms with Gasteiger partial charge in [0, 0.05) is 18.5 Å². The van der Waals surface area contributed by atoms with Gasteiger partial charge in [0.2, 0.25) is 0 Å². The van der Waals surface area contributed by atoms with Crippen molar-refractivity contribution in [3.63, 3.8) is 0 Å². The number of para-hydroxylation sites is 1. The third-order valence-electron chi connectivity index (χ3n) is 4.31. The van der Waals surface area contributed by atoms with E-state index in [1.54, 1.807) is 44.2 Å². The zero-order chi connectivity index (χ0) is 19.4. The Morgan fingerprint density at radius 1 is 1.19 bits per heavy atom. The Morgan fingerprint density at radius 3 is 2.70 bits per heavy atom. The van der Waals surface area contributed by atoms with Gasteiger partial charge in [-0.3, -0.25) is 9.78 Å². The van der Waals surface area contributed by atoms with Gasteiger partial charge in [0.15, 0.2) is 11.6 Å². The lowest BCUT2D eigenvalue weighted by atomic mass is 10.1. The summed E-state index contributed by atoms with van der Waals surface area (Å²) in [5.74, 6) is 0.318. The van der Waals surface area contributed by atoms with Crippen molar-refractivity contribution in [3.8, 4) is 11.5 Å². The van der Waals surface area contributed by atoms with Gasteiger partial charge in [0.05, 0.1) is 30.4 Å². The minimum Gasteiger partial charge on any atom is -0.497 e. The van der Waals surface area contributed by atoms with Crippen LogP contribution >= 0.6 is 0 Å². The van der Waals surface area contributed by atoms with E-state index >= 15 is 0 Å². The number of benzene rings is 2. The number of carbonyl (C=O) groups is 1. The second-order valence-electron chi connectivity index (χ2n) is 6.19. The van der Waals surface area contributed by atoms with Gasteiger partial charge in [-0.1, -0.05) is 12.1 Å². The number of fused-ring (bicyclic) bond motifs is 1. The number of nitrogens with zero attached hydrogens (tertiary/aromatic N) is 2. The number of pyridine rings is 1. The molecular formula is C21H21FN2O3. The van der Waals surface area contributed by atoms with Crippen LogP contribution in [0.4, 0.5) is 4.39 Å². The fourth-order valence-corrected chi connectivity index (χ4v) is 2.75. The molecule has 5 nitrogen and oxygen atoms in total. The van der Waals surface area contributed by atoms with E-state index in [9.17, 15) is 9.18 Å². The van der Waals surface area contributed by atoms with Crippen molar-refractivity contribution < 1.29 is 18.7 Å². The topological polar surface area (TPSA) is 51.7 Å². The summed E-state index contributed by atoms with van der Waals surface area (Å²) in [4.78, 5) is 18.8. The van der Waals surface area contributed by atoms with Crippen LogP contribution in [0, 0.1) is 12.7 Å². The minimum atomic E-state index is -0.420. The van der Waals surface area contributed by atoms with Gasteiger partial charge in [-0.25, -0.2) is 4.39 Å². The lowest BCUT2D eigenvalue weighted by Gasteiger charge is -2.19. The molecule has 0 N–H and O–H groups in total. The quantitative estimate of drug-likeness (QED) is 0.663. The fourth-order valence-electron chi connectivity index (χ4n) is 2.75. The lowest BCUT2D eigenvalue weighted by Crippen LogP contribution is -2.31. The highest BCUT2D eigenvalue weighted by atomic mass is 19.1. The molecule has 1 heterocycles. The molecule has 0 aliphatic heterocycles. The summed E-state index contributed by atoms with van der Waals surface area (Å²) in [6.07, 6.45) is 0. The zero-order valence-corrected chi connectivity index (χ0v) is 15.5. The smallest absolute Gasteiger partial charge is 0.255 e. The third kappa shape index (κ3) is 4.16. The van der Waals surface area contributed by atoms with E-state index in [1.807, 2.05) is 24.3 Å². The average Bonchev–Trinajstić information content (AvgIpc) is 2.67. The van der Waals surface area contributed by atoms with Crippen molar-refractivity contribution in [3.05, 3.63) is 65.6 Å². The standard InChI is InChI=1S/C21H21FN2O3/c1-14-17(12-15-8-9-16(26-3)13-19(15)23-14)21(25)24(2)10-11-27-20-7-5-4-6-18(20)22/h4-9,12-13H,10-11H2,1-3H3. The first-order valence-electron chi connectivity index (χ1n) is 8.58. The van der Waals surface area contributed by atoms with Crippen molar-refractivity contribution >= 4 is 16.8 Å². The van der Waals surface area contributed by atoms with Crippen molar-refractivity contribution in [1.29, 1.82) is 0 Å². The van der Waals surface area contributed by atoms with E-state index in [-0.39, 0.29) is 18.3 Å². The maximum absolute atomic E-state index is 13.6. The molecule has 0 bridgehead atoms. The first kappa shape index (κ1) is 18.6. The van der Waals surface area contributed by atoms with Crippen LogP contribution in [0.2, 0.25) is 0 Å². The van der Waals surface area contributed by atoms with Gasteiger partial charge in [-0.15, -0.1) is 0 Å². The predicted octanol–water partition coefficient (Wildman–Crippen LogP) is 3.84. The molecule has 1 aromatic heterocycles. The largest absolute Gasteiger partial charge is 0.497 e. The Hall–Kier alpha value is -3.15. The van der Waals surface area contributed by atoms with E-state index in [1.165, 1.54) is 6.07 Å². The zero-order valence-electron chi connectivity index (χ0n) is 15.5. The SMILES string of the molecule is COc1ccc2cc(C(=O)N(C)CCOc3ccccc3F)c(C)nc2c1. The molecule has 0 aliphatic carbocycles. The maximum atomic E-state index is 13.6. The number of amides is 1. The van der Waals surface area contributed by atoms with Crippen LogP contribution in [-0.4, -0.2) is 43.1 Å². The molecule has 0 radical (unpaired) electrons. The van der Waals surface area contributed by atoms with E-state index in [2.05, 4.69) is 4.98 Å². The molecular weight excluding hydrogens is 347 g/mol. The van der Waals surface area contributed by atoms with E-state index < -0.39 is 5.82 Å². The molecule has 0 atom stereocenters. The van der Waals surface area contributed by atoms with Crippen molar-refractivity contribution in [2.75, 3.05) is 27.3 Å². The third-order valence-corrected chi connectivity index (χ3v) is 4.31. The van der Waals surface area contributed by atoms with Crippen molar-refractivity contribution in [1.82, 2.24) is 9.88 Å². The number of ether oxygens (including phenoxy) is 2. The first-order chi connectivity index (χ1) is 13.0. The van der Waals surface area contributed by atoms with Crippen LogP contribution < -0.4 is 9.47 Å². The molecule has 0 saturated heterocycles. The summed E-state index contributed by atoms with van der Waals surface area (Å²) >= 11 is 0. The number of methoxy groups -OCH3 is 1. The van der Waals surface area contributed by atoms with Gasteiger partial charge in [0.1, 0.15) is 12.4 Å². The van der Waals surface area contributed by atoms with Gasteiger partial charge >= 0.3 is 0 Å². The number of halogens is 1. The molecule has 0 fully saturated rings. The molecule has 0 saturated carbocycles. The highest BCUT2D eigenvalue weighted by Crippen LogP contribution is 2.22. The lowest BCUT2D eigenvalue weighted by molar-refractivity contribution is 0.0772. The Bertz CT molecular complexity index is 975. The summed E-state index contributed by atoms with van der Waals surface area (Å²) in [6.45, 7) is 2.32. The molecule has 27 heavy (non-hydrogen) atoms. The average molecular weight is 368 g/mol. The van der Waals surface area contributed by atoms with Crippen LogP contribution in [0.15, 0.2) is 48.5 Å². The fraction of sp³-hybridized carbons (Fsp3) is 0.238.